The Morgan fingerprint density at radius 3 is 2.14 bits per heavy atom. The van der Waals surface area contributed by atoms with Crippen molar-refractivity contribution in [3.05, 3.63) is 60.2 Å². The molecule has 0 spiro atoms. The second-order valence-corrected chi connectivity index (χ2v) is 4.85. The molecule has 2 rings (SSSR count). The molecule has 2 aromatic carbocycles. The van der Waals surface area contributed by atoms with Gasteiger partial charge < -0.3 is 16.0 Å². The van der Waals surface area contributed by atoms with Crippen LogP contribution in [0.15, 0.2) is 54.6 Å². The minimum Gasteiger partial charge on any atom is -0.388 e. The molecule has 0 unspecified atom stereocenters. The Kier molecular flexibility index (Phi) is 5.35. The average molecular weight is 283 g/mol. The maximum absolute atomic E-state index is 12.3. The van der Waals surface area contributed by atoms with Gasteiger partial charge in [0.25, 0.3) is 0 Å². The van der Waals surface area contributed by atoms with Crippen LogP contribution in [0, 0.1) is 0 Å². The Hall–Kier alpha value is -2.33. The summed E-state index contributed by atoms with van der Waals surface area (Å²) in [4.78, 5) is 12.3. The quantitative estimate of drug-likeness (QED) is 0.763. The Morgan fingerprint density at radius 1 is 0.952 bits per heavy atom. The largest absolute Gasteiger partial charge is 0.388 e. The van der Waals surface area contributed by atoms with E-state index in [1.807, 2.05) is 61.6 Å². The number of hydrogen-bond donors (Lipinski definition) is 3. The molecule has 0 aliphatic rings. The molecular weight excluding hydrogens is 262 g/mol. The fourth-order valence-electron chi connectivity index (χ4n) is 2.13. The lowest BCUT2D eigenvalue weighted by Crippen LogP contribution is -2.40. The van der Waals surface area contributed by atoms with Crippen LogP contribution >= 0.6 is 0 Å². The fourth-order valence-corrected chi connectivity index (χ4v) is 2.13. The molecule has 3 N–H and O–H groups in total. The molecule has 0 fully saturated rings. The van der Waals surface area contributed by atoms with Crippen LogP contribution in [-0.2, 0) is 11.2 Å². The summed E-state index contributed by atoms with van der Waals surface area (Å²) < 4.78 is 0. The monoisotopic (exact) mass is 283 g/mol. The minimum absolute atomic E-state index is 0.0291. The van der Waals surface area contributed by atoms with E-state index in [1.54, 1.807) is 7.05 Å². The van der Waals surface area contributed by atoms with Crippen LogP contribution in [0.4, 0.5) is 11.4 Å². The maximum atomic E-state index is 12.3. The van der Waals surface area contributed by atoms with Gasteiger partial charge >= 0.3 is 0 Å². The van der Waals surface area contributed by atoms with Gasteiger partial charge in [0.2, 0.25) is 5.91 Å². The van der Waals surface area contributed by atoms with Gasteiger partial charge in [0.1, 0.15) is 0 Å². The predicted octanol–water partition coefficient (Wildman–Crippen LogP) is 2.50. The van der Waals surface area contributed by atoms with Gasteiger partial charge in [-0.15, -0.1) is 0 Å². The minimum atomic E-state index is -0.253. The van der Waals surface area contributed by atoms with E-state index in [1.165, 1.54) is 0 Å². The first-order valence-electron chi connectivity index (χ1n) is 7.03. The zero-order valence-corrected chi connectivity index (χ0v) is 12.4. The van der Waals surface area contributed by atoms with Gasteiger partial charge in [0.15, 0.2) is 0 Å². The van der Waals surface area contributed by atoms with Gasteiger partial charge in [0.05, 0.1) is 6.04 Å². The second-order valence-electron chi connectivity index (χ2n) is 4.85. The number of benzene rings is 2. The third kappa shape index (κ3) is 4.33. The van der Waals surface area contributed by atoms with E-state index in [-0.39, 0.29) is 11.9 Å². The van der Waals surface area contributed by atoms with Gasteiger partial charge in [0, 0.05) is 18.4 Å². The number of nitrogens with one attached hydrogen (secondary N) is 3. The number of rotatable bonds is 6. The molecule has 4 heteroatoms. The third-order valence-electron chi connectivity index (χ3n) is 3.39. The van der Waals surface area contributed by atoms with Crippen LogP contribution in [0.25, 0.3) is 0 Å². The second kappa shape index (κ2) is 7.45. The average Bonchev–Trinajstić information content (AvgIpc) is 2.54. The summed E-state index contributed by atoms with van der Waals surface area (Å²) >= 11 is 0. The lowest BCUT2D eigenvalue weighted by molar-refractivity contribution is -0.118. The number of carbonyl (C=O) groups excluding carboxylic acids is 1. The van der Waals surface area contributed by atoms with Crippen molar-refractivity contribution in [1.29, 1.82) is 0 Å². The van der Waals surface area contributed by atoms with Crippen LogP contribution in [0.1, 0.15) is 5.56 Å². The van der Waals surface area contributed by atoms with E-state index < -0.39 is 0 Å². The molecule has 0 aromatic heterocycles. The van der Waals surface area contributed by atoms with E-state index >= 15 is 0 Å². The summed E-state index contributed by atoms with van der Waals surface area (Å²) in [6.07, 6.45) is 0.664. The van der Waals surface area contributed by atoms with Crippen molar-refractivity contribution >= 4 is 17.3 Å². The van der Waals surface area contributed by atoms with Gasteiger partial charge in [-0.3, -0.25) is 4.79 Å². The fraction of sp³-hybridized carbons (Fsp3) is 0.235. The molecule has 0 radical (unpaired) electrons. The van der Waals surface area contributed by atoms with Crippen molar-refractivity contribution in [3.8, 4) is 0 Å². The van der Waals surface area contributed by atoms with Gasteiger partial charge in [-0.1, -0.05) is 30.3 Å². The summed E-state index contributed by atoms with van der Waals surface area (Å²) in [5, 5.41) is 9.05. The van der Waals surface area contributed by atoms with Crippen molar-refractivity contribution < 1.29 is 4.79 Å². The van der Waals surface area contributed by atoms with Crippen molar-refractivity contribution in [2.75, 3.05) is 24.7 Å². The summed E-state index contributed by atoms with van der Waals surface area (Å²) in [5.41, 5.74) is 2.95. The Balaban J connectivity index is 1.99. The molecule has 0 aliphatic heterocycles. The highest BCUT2D eigenvalue weighted by molar-refractivity contribution is 5.95. The van der Waals surface area contributed by atoms with Crippen LogP contribution in [-0.4, -0.2) is 26.0 Å². The molecule has 1 atom stereocenters. The summed E-state index contributed by atoms with van der Waals surface area (Å²) in [7, 11) is 3.67. The highest BCUT2D eigenvalue weighted by atomic mass is 16.2. The number of amides is 1. The van der Waals surface area contributed by atoms with E-state index in [0.717, 1.165) is 16.9 Å². The first kappa shape index (κ1) is 15.1. The molecule has 2 aromatic rings. The van der Waals surface area contributed by atoms with E-state index in [0.29, 0.717) is 6.42 Å². The Bertz CT molecular complexity index is 566. The predicted molar refractivity (Wildman–Crippen MR) is 87.6 cm³/mol. The Morgan fingerprint density at radius 2 is 1.57 bits per heavy atom. The number of carbonyl (C=O) groups is 1. The SMILES string of the molecule is CNc1ccc(NC(=O)[C@H](Cc2ccccc2)NC)cc1. The molecule has 1 amide bonds. The summed E-state index contributed by atoms with van der Waals surface area (Å²) in [5.74, 6) is -0.0291. The van der Waals surface area contributed by atoms with Gasteiger partial charge in [-0.05, 0) is 43.3 Å². The standard InChI is InChI=1S/C17H21N3O/c1-18-14-8-10-15(11-9-14)20-17(21)16(19-2)12-13-6-4-3-5-7-13/h3-11,16,18-19H,12H2,1-2H3,(H,20,21)/t16-/m0/s1. The summed E-state index contributed by atoms with van der Waals surface area (Å²) in [6, 6.07) is 17.4. The molecule has 110 valence electrons. The molecule has 0 saturated carbocycles. The summed E-state index contributed by atoms with van der Waals surface area (Å²) in [6.45, 7) is 0. The molecule has 0 bridgehead atoms. The number of hydrogen-bond acceptors (Lipinski definition) is 3. The molecule has 0 heterocycles. The molecule has 21 heavy (non-hydrogen) atoms. The van der Waals surface area contributed by atoms with E-state index in [9.17, 15) is 4.79 Å². The zero-order chi connectivity index (χ0) is 15.1. The van der Waals surface area contributed by atoms with Crippen LogP contribution < -0.4 is 16.0 Å². The van der Waals surface area contributed by atoms with E-state index in [4.69, 9.17) is 0 Å². The lowest BCUT2D eigenvalue weighted by Gasteiger charge is -2.16. The van der Waals surface area contributed by atoms with Crippen molar-refractivity contribution in [2.45, 2.75) is 12.5 Å². The Labute approximate surface area is 125 Å². The third-order valence-corrected chi connectivity index (χ3v) is 3.39. The first-order valence-corrected chi connectivity index (χ1v) is 7.03. The van der Waals surface area contributed by atoms with Crippen molar-refractivity contribution in [3.63, 3.8) is 0 Å². The van der Waals surface area contributed by atoms with Crippen LogP contribution in [0.3, 0.4) is 0 Å². The number of likely N-dealkylation sites (N-methyl/N-ethyl adjacent to an activating group) is 1. The number of anilines is 2. The highest BCUT2D eigenvalue weighted by Crippen LogP contribution is 2.13. The molecule has 0 aliphatic carbocycles. The van der Waals surface area contributed by atoms with Crippen LogP contribution in [0.5, 0.6) is 0 Å². The van der Waals surface area contributed by atoms with Gasteiger partial charge in [-0.2, -0.15) is 0 Å². The van der Waals surface area contributed by atoms with Crippen molar-refractivity contribution in [2.24, 2.45) is 0 Å². The molecule has 0 saturated heterocycles. The topological polar surface area (TPSA) is 53.2 Å². The smallest absolute Gasteiger partial charge is 0.241 e. The van der Waals surface area contributed by atoms with Crippen molar-refractivity contribution in [1.82, 2.24) is 5.32 Å². The molecule has 4 nitrogen and oxygen atoms in total. The maximum Gasteiger partial charge on any atom is 0.241 e. The zero-order valence-electron chi connectivity index (χ0n) is 12.4. The lowest BCUT2D eigenvalue weighted by atomic mass is 10.1. The highest BCUT2D eigenvalue weighted by Gasteiger charge is 2.16. The van der Waals surface area contributed by atoms with Crippen LogP contribution in [0.2, 0.25) is 0 Å². The van der Waals surface area contributed by atoms with Gasteiger partial charge in [-0.25, -0.2) is 0 Å². The van der Waals surface area contributed by atoms with E-state index in [2.05, 4.69) is 16.0 Å². The first-order chi connectivity index (χ1) is 10.2. The molecular formula is C17H21N3O. The normalized spacial score (nSPS) is 11.7.